The van der Waals surface area contributed by atoms with Crippen LogP contribution in [0.1, 0.15) is 5.56 Å². The van der Waals surface area contributed by atoms with Crippen molar-refractivity contribution in [1.29, 1.82) is 0 Å². The van der Waals surface area contributed by atoms with Crippen LogP contribution in [0.2, 0.25) is 0 Å². The Labute approximate surface area is 147 Å². The normalized spacial score (nSPS) is 10.3. The number of hydrogen-bond donors (Lipinski definition) is 3. The molecule has 26 heavy (non-hydrogen) atoms. The monoisotopic (exact) mass is 358 g/mol. The highest BCUT2D eigenvalue weighted by molar-refractivity contribution is 6.39. The first kappa shape index (κ1) is 18.6. The van der Waals surface area contributed by atoms with E-state index in [9.17, 15) is 18.8 Å². The number of carbonyl (C=O) groups is 3. The summed E-state index contributed by atoms with van der Waals surface area (Å²) in [6.45, 7) is -0.236. The molecule has 0 saturated heterocycles. The van der Waals surface area contributed by atoms with Crippen LogP contribution in [0.4, 0.5) is 10.1 Å². The molecule has 9 heteroatoms. The molecule has 2 aromatic rings. The molecule has 0 aromatic heterocycles. The average molecular weight is 358 g/mol. The van der Waals surface area contributed by atoms with Crippen LogP contribution in [0.5, 0.6) is 5.75 Å². The van der Waals surface area contributed by atoms with Crippen LogP contribution >= 0.6 is 0 Å². The molecular formula is C17H15FN4O4. The van der Waals surface area contributed by atoms with Crippen molar-refractivity contribution in [1.82, 2.24) is 5.43 Å². The van der Waals surface area contributed by atoms with E-state index in [1.165, 1.54) is 24.4 Å². The van der Waals surface area contributed by atoms with Crippen LogP contribution in [0.15, 0.2) is 53.6 Å². The van der Waals surface area contributed by atoms with Crippen molar-refractivity contribution in [3.8, 4) is 5.75 Å². The number of halogens is 1. The Morgan fingerprint density at radius 2 is 1.77 bits per heavy atom. The number of carbonyl (C=O) groups excluding carboxylic acids is 3. The number of nitrogens with two attached hydrogens (primary N) is 1. The van der Waals surface area contributed by atoms with Gasteiger partial charge in [-0.1, -0.05) is 12.1 Å². The van der Waals surface area contributed by atoms with Gasteiger partial charge in [-0.25, -0.2) is 9.82 Å². The third-order valence-corrected chi connectivity index (χ3v) is 2.97. The molecule has 0 radical (unpaired) electrons. The number of ether oxygens (including phenoxy) is 1. The van der Waals surface area contributed by atoms with Gasteiger partial charge in [0.1, 0.15) is 11.6 Å². The van der Waals surface area contributed by atoms with Crippen molar-refractivity contribution < 1.29 is 23.5 Å². The Morgan fingerprint density at radius 3 is 2.42 bits per heavy atom. The fourth-order valence-corrected chi connectivity index (χ4v) is 1.76. The van der Waals surface area contributed by atoms with Gasteiger partial charge in [-0.05, 0) is 42.0 Å². The zero-order valence-electron chi connectivity index (χ0n) is 13.4. The number of benzene rings is 2. The van der Waals surface area contributed by atoms with Gasteiger partial charge < -0.3 is 15.8 Å². The van der Waals surface area contributed by atoms with E-state index in [-0.39, 0.29) is 12.3 Å². The third kappa shape index (κ3) is 5.71. The molecule has 0 atom stereocenters. The number of nitrogens with one attached hydrogen (secondary N) is 2. The summed E-state index contributed by atoms with van der Waals surface area (Å²) in [5, 5.41) is 5.77. The summed E-state index contributed by atoms with van der Waals surface area (Å²) in [5.41, 5.74) is 7.49. The van der Waals surface area contributed by atoms with E-state index in [0.717, 1.165) is 6.07 Å². The van der Waals surface area contributed by atoms with Crippen molar-refractivity contribution in [2.75, 3.05) is 11.9 Å². The summed E-state index contributed by atoms with van der Waals surface area (Å²) in [6, 6.07) is 11.9. The fourth-order valence-electron chi connectivity index (χ4n) is 1.76. The van der Waals surface area contributed by atoms with Crippen LogP contribution in [0.3, 0.4) is 0 Å². The van der Waals surface area contributed by atoms with Crippen molar-refractivity contribution in [2.45, 2.75) is 0 Å². The lowest BCUT2D eigenvalue weighted by atomic mass is 10.2. The van der Waals surface area contributed by atoms with E-state index in [0.29, 0.717) is 11.3 Å². The molecule has 0 aliphatic heterocycles. The maximum absolute atomic E-state index is 13.4. The SMILES string of the molecule is NC(=O)COc1ccc(/C=N/NC(=O)C(=O)Nc2ccccc2F)cc1. The first-order valence-electron chi connectivity index (χ1n) is 7.36. The second-order valence-electron chi connectivity index (χ2n) is 4.96. The van der Waals surface area contributed by atoms with Crippen LogP contribution in [-0.2, 0) is 14.4 Å². The standard InChI is InChI=1S/C17H15FN4O4/c18-13-3-1-2-4-14(13)21-16(24)17(25)22-20-9-11-5-7-12(8-6-11)26-10-15(19)23/h1-9H,10H2,(H2,19,23)(H,21,24)(H,22,25)/b20-9+. The lowest BCUT2D eigenvalue weighted by Crippen LogP contribution is -2.32. The topological polar surface area (TPSA) is 123 Å². The van der Waals surface area contributed by atoms with Crippen molar-refractivity contribution >= 4 is 29.6 Å². The molecule has 0 aliphatic carbocycles. The van der Waals surface area contributed by atoms with Gasteiger partial charge in [0, 0.05) is 0 Å². The average Bonchev–Trinajstić information content (AvgIpc) is 2.62. The van der Waals surface area contributed by atoms with Gasteiger partial charge >= 0.3 is 11.8 Å². The molecule has 134 valence electrons. The minimum Gasteiger partial charge on any atom is -0.484 e. The number of amides is 3. The summed E-state index contributed by atoms with van der Waals surface area (Å²) in [5.74, 6) is -2.91. The van der Waals surface area contributed by atoms with E-state index < -0.39 is 23.5 Å². The molecule has 0 saturated carbocycles. The van der Waals surface area contributed by atoms with Crippen molar-refractivity contribution in [3.63, 3.8) is 0 Å². The Bertz CT molecular complexity index is 837. The van der Waals surface area contributed by atoms with Gasteiger partial charge in [0.2, 0.25) is 0 Å². The fraction of sp³-hybridized carbons (Fsp3) is 0.0588. The van der Waals surface area contributed by atoms with Crippen molar-refractivity contribution in [2.24, 2.45) is 10.8 Å². The minimum absolute atomic E-state index is 0.108. The summed E-state index contributed by atoms with van der Waals surface area (Å²) in [6.07, 6.45) is 1.30. The molecule has 4 N–H and O–H groups in total. The van der Waals surface area contributed by atoms with E-state index in [1.54, 1.807) is 24.3 Å². The smallest absolute Gasteiger partial charge is 0.329 e. The number of nitrogens with zero attached hydrogens (tertiary/aromatic N) is 1. The van der Waals surface area contributed by atoms with E-state index in [1.807, 2.05) is 5.43 Å². The Balaban J connectivity index is 1.85. The maximum atomic E-state index is 13.4. The van der Waals surface area contributed by atoms with Gasteiger partial charge in [-0.2, -0.15) is 5.10 Å². The summed E-state index contributed by atoms with van der Waals surface area (Å²) in [7, 11) is 0. The molecule has 0 heterocycles. The summed E-state index contributed by atoms with van der Waals surface area (Å²) >= 11 is 0. The molecule has 0 fully saturated rings. The number of anilines is 1. The second kappa shape index (κ2) is 8.92. The zero-order valence-corrected chi connectivity index (χ0v) is 13.4. The lowest BCUT2D eigenvalue weighted by molar-refractivity contribution is -0.136. The number of para-hydroxylation sites is 1. The maximum Gasteiger partial charge on any atom is 0.329 e. The van der Waals surface area contributed by atoms with E-state index >= 15 is 0 Å². The van der Waals surface area contributed by atoms with E-state index in [4.69, 9.17) is 10.5 Å². The predicted octanol–water partition coefficient (Wildman–Crippen LogP) is 0.779. The molecule has 0 unspecified atom stereocenters. The lowest BCUT2D eigenvalue weighted by Gasteiger charge is -2.05. The molecule has 8 nitrogen and oxygen atoms in total. The Kier molecular flexibility index (Phi) is 6.38. The van der Waals surface area contributed by atoms with Crippen LogP contribution < -0.4 is 21.2 Å². The summed E-state index contributed by atoms with van der Waals surface area (Å²) in [4.78, 5) is 33.9. The number of primary amides is 1. The van der Waals surface area contributed by atoms with Crippen molar-refractivity contribution in [3.05, 3.63) is 59.9 Å². The molecule has 3 amide bonds. The Hall–Kier alpha value is -3.75. The molecule has 0 spiro atoms. The highest BCUT2D eigenvalue weighted by atomic mass is 19.1. The summed E-state index contributed by atoms with van der Waals surface area (Å²) < 4.78 is 18.5. The number of rotatable bonds is 6. The number of hydrogen-bond acceptors (Lipinski definition) is 5. The number of hydrazone groups is 1. The van der Waals surface area contributed by atoms with Gasteiger partial charge in [0.15, 0.2) is 6.61 Å². The molecule has 0 aliphatic rings. The van der Waals surface area contributed by atoms with Gasteiger partial charge in [-0.3, -0.25) is 14.4 Å². The predicted molar refractivity (Wildman–Crippen MR) is 91.9 cm³/mol. The van der Waals surface area contributed by atoms with E-state index in [2.05, 4.69) is 10.4 Å². The minimum atomic E-state index is -1.05. The first-order chi connectivity index (χ1) is 12.5. The Morgan fingerprint density at radius 1 is 1.08 bits per heavy atom. The second-order valence-corrected chi connectivity index (χ2v) is 4.96. The molecule has 2 aromatic carbocycles. The highest BCUT2D eigenvalue weighted by Gasteiger charge is 2.14. The molecule has 2 rings (SSSR count). The molecule has 0 bridgehead atoms. The van der Waals surface area contributed by atoms with Gasteiger partial charge in [0.25, 0.3) is 5.91 Å². The molecular weight excluding hydrogens is 343 g/mol. The van der Waals surface area contributed by atoms with Crippen LogP contribution in [-0.4, -0.2) is 30.5 Å². The highest BCUT2D eigenvalue weighted by Crippen LogP contribution is 2.12. The van der Waals surface area contributed by atoms with Gasteiger partial charge in [0.05, 0.1) is 11.9 Å². The first-order valence-corrected chi connectivity index (χ1v) is 7.36. The van der Waals surface area contributed by atoms with Crippen LogP contribution in [0, 0.1) is 5.82 Å². The third-order valence-electron chi connectivity index (χ3n) is 2.97. The largest absolute Gasteiger partial charge is 0.484 e. The zero-order chi connectivity index (χ0) is 18.9. The van der Waals surface area contributed by atoms with Gasteiger partial charge in [-0.15, -0.1) is 0 Å². The van der Waals surface area contributed by atoms with Crippen LogP contribution in [0.25, 0.3) is 0 Å². The quantitative estimate of drug-likeness (QED) is 0.401.